The Balaban J connectivity index is 1.70. The van der Waals surface area contributed by atoms with Crippen molar-refractivity contribution in [2.24, 2.45) is 5.41 Å². The number of hydrogen-bond acceptors (Lipinski definition) is 2. The summed E-state index contributed by atoms with van der Waals surface area (Å²) in [6.45, 7) is 2.05. The lowest BCUT2D eigenvalue weighted by Crippen LogP contribution is -2.19. The molecule has 0 unspecified atom stereocenters. The van der Waals surface area contributed by atoms with Gasteiger partial charge in [0.2, 0.25) is 0 Å². The lowest BCUT2D eigenvalue weighted by Gasteiger charge is -2.21. The van der Waals surface area contributed by atoms with Crippen LogP contribution in [0.3, 0.4) is 0 Å². The molecule has 0 N–H and O–H groups in total. The number of fused-ring (bicyclic) bond motifs is 7. The van der Waals surface area contributed by atoms with Crippen LogP contribution in [0.1, 0.15) is 46.9 Å². The summed E-state index contributed by atoms with van der Waals surface area (Å²) in [5, 5.41) is 0. The molecular formula is C19H16O2. The third-order valence-corrected chi connectivity index (χ3v) is 5.73. The van der Waals surface area contributed by atoms with Crippen molar-refractivity contribution in [2.75, 3.05) is 6.61 Å². The normalized spacial score (nSPS) is 33.1. The van der Waals surface area contributed by atoms with E-state index in [1.807, 2.05) is 0 Å². The largest absolute Gasteiger partial charge is 0.465 e. The van der Waals surface area contributed by atoms with Gasteiger partial charge in [-0.15, -0.1) is 0 Å². The number of esters is 1. The lowest BCUT2D eigenvalue weighted by molar-refractivity contribution is -0.142. The van der Waals surface area contributed by atoms with Crippen LogP contribution in [0.2, 0.25) is 0 Å². The van der Waals surface area contributed by atoms with Crippen LogP contribution in [-0.2, 0) is 9.53 Å². The molecule has 0 amide bonds. The maximum atomic E-state index is 11.3. The van der Waals surface area contributed by atoms with E-state index < -0.39 is 0 Å². The van der Waals surface area contributed by atoms with Gasteiger partial charge in [-0.3, -0.25) is 4.79 Å². The van der Waals surface area contributed by atoms with Crippen molar-refractivity contribution < 1.29 is 9.53 Å². The van der Waals surface area contributed by atoms with Crippen LogP contribution in [0.5, 0.6) is 0 Å². The maximum Gasteiger partial charge on any atom is 0.302 e. The highest BCUT2D eigenvalue weighted by atomic mass is 16.5. The van der Waals surface area contributed by atoms with Gasteiger partial charge < -0.3 is 4.74 Å². The van der Waals surface area contributed by atoms with Crippen molar-refractivity contribution in [3.63, 3.8) is 0 Å². The molecule has 2 aromatic rings. The first-order valence-electron chi connectivity index (χ1n) is 7.56. The molecule has 5 rings (SSSR count). The first-order valence-corrected chi connectivity index (χ1v) is 7.56. The molecule has 21 heavy (non-hydrogen) atoms. The fraction of sp³-hybridized carbons (Fsp3) is 0.316. The summed E-state index contributed by atoms with van der Waals surface area (Å²) in [6, 6.07) is 17.5. The SMILES string of the molecule is CC(=O)OCC12C3c4ccccc4[C@H]1[C@@H]2c1ccccc13. The minimum absolute atomic E-state index is 0.0963. The smallest absolute Gasteiger partial charge is 0.302 e. The van der Waals surface area contributed by atoms with E-state index in [0.29, 0.717) is 24.4 Å². The molecule has 0 heterocycles. The van der Waals surface area contributed by atoms with Crippen LogP contribution < -0.4 is 0 Å². The molecule has 3 aliphatic rings. The highest BCUT2D eigenvalue weighted by molar-refractivity contribution is 5.69. The maximum absolute atomic E-state index is 11.3. The second-order valence-electron chi connectivity index (χ2n) is 6.54. The molecule has 0 spiro atoms. The number of rotatable bonds is 2. The zero-order chi connectivity index (χ0) is 14.2. The molecule has 2 heteroatoms. The third-order valence-electron chi connectivity index (χ3n) is 5.73. The van der Waals surface area contributed by atoms with Crippen molar-refractivity contribution in [2.45, 2.75) is 24.7 Å². The number of benzene rings is 2. The van der Waals surface area contributed by atoms with E-state index in [0.717, 1.165) is 0 Å². The van der Waals surface area contributed by atoms with Gasteiger partial charge in [-0.05, 0) is 22.3 Å². The van der Waals surface area contributed by atoms with Crippen LogP contribution in [0.4, 0.5) is 0 Å². The van der Waals surface area contributed by atoms with Gasteiger partial charge in [0.1, 0.15) is 0 Å². The van der Waals surface area contributed by atoms with E-state index in [9.17, 15) is 4.79 Å². The Labute approximate surface area is 123 Å². The fourth-order valence-electron chi connectivity index (χ4n) is 5.11. The van der Waals surface area contributed by atoms with Crippen LogP contribution >= 0.6 is 0 Å². The van der Waals surface area contributed by atoms with Crippen molar-refractivity contribution in [1.29, 1.82) is 0 Å². The van der Waals surface area contributed by atoms with Crippen LogP contribution in [0, 0.1) is 5.41 Å². The van der Waals surface area contributed by atoms with Gasteiger partial charge in [-0.25, -0.2) is 0 Å². The van der Waals surface area contributed by atoms with Crippen LogP contribution in [-0.4, -0.2) is 12.6 Å². The van der Waals surface area contributed by atoms with Gasteiger partial charge in [0.25, 0.3) is 0 Å². The standard InChI is InChI=1S/C19H16O2/c1-11(20)21-10-19-16-12-6-2-4-8-14(12)17(19)18(19)15-9-5-3-7-13(15)16/h2-9,16-18H,10H2,1H3/t16?,17-,18-,19?/m0/s1. The van der Waals surface area contributed by atoms with Gasteiger partial charge >= 0.3 is 5.97 Å². The summed E-state index contributed by atoms with van der Waals surface area (Å²) >= 11 is 0. The number of ether oxygens (including phenoxy) is 1. The van der Waals surface area contributed by atoms with Crippen molar-refractivity contribution in [1.82, 2.24) is 0 Å². The Bertz CT molecular complexity index is 723. The van der Waals surface area contributed by atoms with E-state index in [-0.39, 0.29) is 11.4 Å². The molecule has 1 saturated carbocycles. The van der Waals surface area contributed by atoms with Gasteiger partial charge in [0.15, 0.2) is 0 Å². The molecule has 0 radical (unpaired) electrons. The Morgan fingerprint density at radius 1 is 0.952 bits per heavy atom. The Morgan fingerprint density at radius 3 is 1.90 bits per heavy atom. The minimum atomic E-state index is -0.172. The second-order valence-corrected chi connectivity index (χ2v) is 6.54. The summed E-state index contributed by atoms with van der Waals surface area (Å²) in [7, 11) is 0. The van der Waals surface area contributed by atoms with Crippen molar-refractivity contribution in [3.05, 3.63) is 70.8 Å². The average molecular weight is 276 g/mol. The highest BCUT2D eigenvalue weighted by Gasteiger charge is 2.78. The Kier molecular flexibility index (Phi) is 1.96. The van der Waals surface area contributed by atoms with E-state index >= 15 is 0 Å². The quantitative estimate of drug-likeness (QED) is 0.784. The summed E-state index contributed by atoms with van der Waals surface area (Å²) in [4.78, 5) is 11.3. The highest BCUT2D eigenvalue weighted by Crippen LogP contribution is 2.85. The molecular weight excluding hydrogens is 260 g/mol. The predicted molar refractivity (Wildman–Crippen MR) is 79.3 cm³/mol. The van der Waals surface area contributed by atoms with E-state index in [1.165, 1.54) is 29.2 Å². The molecule has 2 aromatic carbocycles. The molecule has 1 fully saturated rings. The topological polar surface area (TPSA) is 26.3 Å². The predicted octanol–water partition coefficient (Wildman–Crippen LogP) is 3.58. The molecule has 0 aliphatic heterocycles. The molecule has 104 valence electrons. The fourth-order valence-corrected chi connectivity index (χ4v) is 5.11. The van der Waals surface area contributed by atoms with Crippen LogP contribution in [0.15, 0.2) is 48.5 Å². The number of hydrogen-bond donors (Lipinski definition) is 0. The average Bonchev–Trinajstić information content (AvgIpc) is 2.99. The molecule has 2 atom stereocenters. The second kappa shape index (κ2) is 3.56. The first kappa shape index (κ1) is 11.6. The zero-order valence-corrected chi connectivity index (χ0v) is 11.9. The molecule has 0 bridgehead atoms. The molecule has 0 aromatic heterocycles. The Morgan fingerprint density at radius 2 is 1.43 bits per heavy atom. The monoisotopic (exact) mass is 276 g/mol. The molecule has 2 nitrogen and oxygen atoms in total. The van der Waals surface area contributed by atoms with Crippen LogP contribution in [0.25, 0.3) is 0 Å². The summed E-state index contributed by atoms with van der Waals surface area (Å²) in [6.07, 6.45) is 0. The van der Waals surface area contributed by atoms with E-state index in [2.05, 4.69) is 48.5 Å². The Hall–Kier alpha value is -2.09. The van der Waals surface area contributed by atoms with Gasteiger partial charge in [0, 0.05) is 30.1 Å². The van der Waals surface area contributed by atoms with Crippen molar-refractivity contribution in [3.8, 4) is 0 Å². The third kappa shape index (κ3) is 1.18. The first-order chi connectivity index (χ1) is 10.2. The zero-order valence-electron chi connectivity index (χ0n) is 11.9. The molecule has 3 aliphatic carbocycles. The number of carbonyl (C=O) groups is 1. The van der Waals surface area contributed by atoms with Gasteiger partial charge in [0.05, 0.1) is 6.61 Å². The van der Waals surface area contributed by atoms with E-state index in [1.54, 1.807) is 0 Å². The summed E-state index contributed by atoms with van der Waals surface area (Å²) in [5.41, 5.74) is 5.91. The lowest BCUT2D eigenvalue weighted by atomic mass is 9.85. The van der Waals surface area contributed by atoms with E-state index in [4.69, 9.17) is 4.74 Å². The van der Waals surface area contributed by atoms with Gasteiger partial charge in [-0.1, -0.05) is 48.5 Å². The van der Waals surface area contributed by atoms with Gasteiger partial charge in [-0.2, -0.15) is 0 Å². The minimum Gasteiger partial charge on any atom is -0.465 e. The number of carbonyl (C=O) groups excluding carboxylic acids is 1. The summed E-state index contributed by atoms with van der Waals surface area (Å²) < 4.78 is 5.47. The van der Waals surface area contributed by atoms with Crippen molar-refractivity contribution >= 4 is 5.97 Å². The molecule has 0 saturated heterocycles. The summed E-state index contributed by atoms with van der Waals surface area (Å²) in [5.74, 6) is 1.30.